The monoisotopic (exact) mass is 309 g/mol. The molecule has 0 aliphatic heterocycles. The summed E-state index contributed by atoms with van der Waals surface area (Å²) in [5.74, 6) is 0. The Hall–Kier alpha value is -0.990. The highest BCUT2D eigenvalue weighted by atomic mass is 32.2. The molecule has 0 radical (unpaired) electrons. The molecule has 0 spiro atoms. The number of nitrogen functional groups attached to an aromatic ring is 1. The Bertz CT molecular complexity index is 474. The van der Waals surface area contributed by atoms with Crippen LogP contribution in [0.4, 0.5) is 18.9 Å². The first-order valence-electron chi connectivity index (χ1n) is 5.94. The SMILES string of the molecule is C[C@H](N[S+]([O-])C(C)(C)C)c1cc(N)cc(C(F)(F)F)n1. The second-order valence-corrected chi connectivity index (χ2v) is 7.43. The highest BCUT2D eigenvalue weighted by Crippen LogP contribution is 2.30. The minimum absolute atomic E-state index is 0.0301. The van der Waals surface area contributed by atoms with Gasteiger partial charge in [-0.3, -0.25) is 0 Å². The Morgan fingerprint density at radius 2 is 1.85 bits per heavy atom. The molecule has 2 atom stereocenters. The number of anilines is 1. The lowest BCUT2D eigenvalue weighted by atomic mass is 10.2. The van der Waals surface area contributed by atoms with E-state index in [9.17, 15) is 17.7 Å². The van der Waals surface area contributed by atoms with E-state index >= 15 is 0 Å². The maximum Gasteiger partial charge on any atom is 0.433 e. The Morgan fingerprint density at radius 1 is 1.30 bits per heavy atom. The number of nitrogens with zero attached hydrogens (tertiary/aromatic N) is 1. The second kappa shape index (κ2) is 5.79. The number of pyridine rings is 1. The Balaban J connectivity index is 2.99. The summed E-state index contributed by atoms with van der Waals surface area (Å²) in [6.07, 6.45) is -4.56. The van der Waals surface area contributed by atoms with Crippen molar-refractivity contribution < 1.29 is 17.7 Å². The fraction of sp³-hybridized carbons (Fsp3) is 0.583. The molecule has 1 aromatic rings. The lowest BCUT2D eigenvalue weighted by molar-refractivity contribution is -0.141. The van der Waals surface area contributed by atoms with E-state index < -0.39 is 34.0 Å². The topological polar surface area (TPSA) is 74.0 Å². The molecule has 20 heavy (non-hydrogen) atoms. The summed E-state index contributed by atoms with van der Waals surface area (Å²) in [5, 5.41) is 0. The number of rotatable bonds is 3. The van der Waals surface area contributed by atoms with Crippen LogP contribution in [0.25, 0.3) is 0 Å². The highest BCUT2D eigenvalue weighted by Gasteiger charge is 2.34. The zero-order valence-corrected chi connectivity index (χ0v) is 12.5. The first-order valence-corrected chi connectivity index (χ1v) is 7.09. The summed E-state index contributed by atoms with van der Waals surface area (Å²) in [6.45, 7) is 6.87. The lowest BCUT2D eigenvalue weighted by Crippen LogP contribution is -2.40. The fourth-order valence-corrected chi connectivity index (χ4v) is 2.13. The Morgan fingerprint density at radius 3 is 2.30 bits per heavy atom. The zero-order chi connectivity index (χ0) is 15.7. The van der Waals surface area contributed by atoms with E-state index in [1.54, 1.807) is 27.7 Å². The summed E-state index contributed by atoms with van der Waals surface area (Å²) >= 11 is -1.41. The molecule has 0 saturated carbocycles. The maximum atomic E-state index is 12.7. The normalized spacial score (nSPS) is 16.0. The van der Waals surface area contributed by atoms with Crippen LogP contribution in [0.5, 0.6) is 0 Å². The van der Waals surface area contributed by atoms with Gasteiger partial charge in [0.25, 0.3) is 0 Å². The lowest BCUT2D eigenvalue weighted by Gasteiger charge is -2.26. The molecule has 0 aliphatic rings. The molecule has 1 rings (SSSR count). The van der Waals surface area contributed by atoms with Gasteiger partial charge in [0.2, 0.25) is 0 Å². The third-order valence-corrected chi connectivity index (χ3v) is 4.12. The predicted molar refractivity (Wildman–Crippen MR) is 73.1 cm³/mol. The van der Waals surface area contributed by atoms with E-state index in [0.717, 1.165) is 6.07 Å². The number of alkyl halides is 3. The molecular weight excluding hydrogens is 291 g/mol. The van der Waals surface area contributed by atoms with Crippen LogP contribution >= 0.6 is 0 Å². The highest BCUT2D eigenvalue weighted by molar-refractivity contribution is 7.90. The van der Waals surface area contributed by atoms with Gasteiger partial charge in [0.05, 0.1) is 11.7 Å². The van der Waals surface area contributed by atoms with Gasteiger partial charge in [0, 0.05) is 17.0 Å². The van der Waals surface area contributed by atoms with Crippen LogP contribution in [0.2, 0.25) is 0 Å². The van der Waals surface area contributed by atoms with E-state index in [0.29, 0.717) is 0 Å². The van der Waals surface area contributed by atoms with Gasteiger partial charge in [-0.05, 0) is 39.8 Å². The Labute approximate surface area is 119 Å². The van der Waals surface area contributed by atoms with Gasteiger partial charge in [-0.1, -0.05) is 0 Å². The average Bonchev–Trinajstić information content (AvgIpc) is 2.25. The number of aromatic nitrogens is 1. The molecule has 4 nitrogen and oxygen atoms in total. The van der Waals surface area contributed by atoms with Gasteiger partial charge in [-0.2, -0.15) is 13.2 Å². The minimum Gasteiger partial charge on any atom is -0.598 e. The molecule has 0 aromatic carbocycles. The van der Waals surface area contributed by atoms with Crippen molar-refractivity contribution in [2.45, 2.75) is 44.7 Å². The Kier molecular flexibility index (Phi) is 4.94. The summed E-state index contributed by atoms with van der Waals surface area (Å²) in [5.41, 5.74) is 4.49. The fourth-order valence-electron chi connectivity index (χ4n) is 1.34. The third kappa shape index (κ3) is 4.53. The standard InChI is InChI=1S/C12H18F3N3OS/c1-7(18-20(19)11(2,3)4)9-5-8(16)6-10(17-9)12(13,14)15/h5-7,18H,1-4H3,(H2,16,17)/t7-,20?/m0/s1. The molecule has 8 heteroatoms. The van der Waals surface area contributed by atoms with Gasteiger partial charge >= 0.3 is 6.18 Å². The number of halogens is 3. The van der Waals surface area contributed by atoms with E-state index in [2.05, 4.69) is 9.71 Å². The third-order valence-electron chi connectivity index (χ3n) is 2.44. The van der Waals surface area contributed by atoms with Crippen LogP contribution in [0.15, 0.2) is 12.1 Å². The van der Waals surface area contributed by atoms with E-state index in [1.165, 1.54) is 6.07 Å². The second-order valence-electron chi connectivity index (χ2n) is 5.43. The van der Waals surface area contributed by atoms with Crippen LogP contribution in [-0.4, -0.2) is 14.3 Å². The van der Waals surface area contributed by atoms with Gasteiger partial charge in [-0.25, -0.2) is 4.98 Å². The summed E-state index contributed by atoms with van der Waals surface area (Å²) < 4.78 is 52.1. The summed E-state index contributed by atoms with van der Waals surface area (Å²) in [6, 6.07) is 1.50. The molecule has 0 bridgehead atoms. The van der Waals surface area contributed by atoms with E-state index in [-0.39, 0.29) is 11.4 Å². The number of hydrogen-bond donors (Lipinski definition) is 2. The number of hydrogen-bond acceptors (Lipinski definition) is 4. The van der Waals surface area contributed by atoms with Crippen molar-refractivity contribution in [3.63, 3.8) is 0 Å². The van der Waals surface area contributed by atoms with Crippen LogP contribution < -0.4 is 10.5 Å². The molecule has 0 amide bonds. The molecule has 1 unspecified atom stereocenters. The van der Waals surface area contributed by atoms with Crippen LogP contribution in [0.1, 0.15) is 45.1 Å². The molecule has 1 aromatic heterocycles. The van der Waals surface area contributed by atoms with Gasteiger partial charge in [0.15, 0.2) is 0 Å². The quantitative estimate of drug-likeness (QED) is 0.842. The van der Waals surface area contributed by atoms with Crippen molar-refractivity contribution in [3.8, 4) is 0 Å². The largest absolute Gasteiger partial charge is 0.598 e. The predicted octanol–water partition coefficient (Wildman–Crippen LogP) is 2.80. The van der Waals surface area contributed by atoms with E-state index in [1.807, 2.05) is 0 Å². The van der Waals surface area contributed by atoms with Crippen molar-refractivity contribution >= 4 is 17.0 Å². The number of nitrogens with two attached hydrogens (primary N) is 1. The maximum absolute atomic E-state index is 12.7. The molecule has 3 N–H and O–H groups in total. The van der Waals surface area contributed by atoms with Crippen LogP contribution in [0.3, 0.4) is 0 Å². The van der Waals surface area contributed by atoms with Crippen molar-refractivity contribution in [1.29, 1.82) is 0 Å². The van der Waals surface area contributed by atoms with Gasteiger partial charge in [-0.15, -0.1) is 4.72 Å². The number of nitrogens with one attached hydrogen (secondary N) is 1. The summed E-state index contributed by atoms with van der Waals surface area (Å²) in [4.78, 5) is 3.54. The molecular formula is C12H18F3N3OS. The zero-order valence-electron chi connectivity index (χ0n) is 11.7. The first-order chi connectivity index (χ1) is 8.91. The molecule has 0 aliphatic carbocycles. The van der Waals surface area contributed by atoms with Gasteiger partial charge in [0.1, 0.15) is 10.4 Å². The van der Waals surface area contributed by atoms with Crippen LogP contribution in [0, 0.1) is 0 Å². The average molecular weight is 309 g/mol. The molecule has 114 valence electrons. The molecule has 1 heterocycles. The smallest absolute Gasteiger partial charge is 0.433 e. The van der Waals surface area contributed by atoms with Crippen molar-refractivity contribution in [2.24, 2.45) is 0 Å². The van der Waals surface area contributed by atoms with Crippen LogP contribution in [-0.2, 0) is 17.5 Å². The minimum atomic E-state index is -4.56. The van der Waals surface area contributed by atoms with Crippen molar-refractivity contribution in [1.82, 2.24) is 9.71 Å². The van der Waals surface area contributed by atoms with Crippen molar-refractivity contribution in [3.05, 3.63) is 23.5 Å². The van der Waals surface area contributed by atoms with Gasteiger partial charge < -0.3 is 10.3 Å². The van der Waals surface area contributed by atoms with Crippen molar-refractivity contribution in [2.75, 3.05) is 5.73 Å². The first kappa shape index (κ1) is 17.1. The summed E-state index contributed by atoms with van der Waals surface area (Å²) in [7, 11) is 0. The van der Waals surface area contributed by atoms with E-state index in [4.69, 9.17) is 5.73 Å². The molecule has 0 fully saturated rings. The molecule has 0 saturated heterocycles.